The SMILES string of the molecule is C=CC1=C(C)C(=O)C(OC2=C(O)C(=O)OC2CCO)CC1(C)C. The molecule has 0 aromatic rings. The third-order valence-electron chi connectivity index (χ3n) is 4.32. The molecule has 0 aromatic carbocycles. The van der Waals surface area contributed by atoms with E-state index in [4.69, 9.17) is 14.6 Å². The lowest BCUT2D eigenvalue weighted by Crippen LogP contribution is -2.38. The fraction of sp³-hybridized carbons (Fsp3) is 0.529. The number of Topliss-reactive ketones (excluding diaryl/α,β-unsaturated/α-hetero) is 1. The van der Waals surface area contributed by atoms with Crippen LogP contribution >= 0.6 is 0 Å². The molecule has 2 unspecified atom stereocenters. The van der Waals surface area contributed by atoms with E-state index in [1.54, 1.807) is 13.0 Å². The minimum absolute atomic E-state index is 0.0759. The Labute approximate surface area is 135 Å². The Morgan fingerprint density at radius 3 is 2.65 bits per heavy atom. The number of ether oxygens (including phenoxy) is 2. The van der Waals surface area contributed by atoms with Crippen LogP contribution in [-0.2, 0) is 19.1 Å². The molecule has 0 saturated carbocycles. The highest BCUT2D eigenvalue weighted by Crippen LogP contribution is 2.41. The first kappa shape index (κ1) is 17.3. The van der Waals surface area contributed by atoms with Crippen molar-refractivity contribution in [2.45, 2.75) is 45.8 Å². The highest BCUT2D eigenvalue weighted by molar-refractivity contribution is 6.01. The minimum Gasteiger partial charge on any atom is -0.499 e. The summed E-state index contributed by atoms with van der Waals surface area (Å²) in [6.45, 7) is 9.20. The van der Waals surface area contributed by atoms with Gasteiger partial charge in [-0.1, -0.05) is 26.5 Å². The second-order valence-electron chi connectivity index (χ2n) is 6.42. The predicted octanol–water partition coefficient (Wildman–Crippen LogP) is 1.95. The van der Waals surface area contributed by atoms with E-state index >= 15 is 0 Å². The van der Waals surface area contributed by atoms with E-state index in [-0.39, 0.29) is 30.0 Å². The average molecular weight is 322 g/mol. The molecule has 0 amide bonds. The number of carbonyl (C=O) groups is 2. The van der Waals surface area contributed by atoms with Gasteiger partial charge in [0.05, 0.1) is 0 Å². The van der Waals surface area contributed by atoms with E-state index in [0.29, 0.717) is 12.0 Å². The molecule has 6 nitrogen and oxygen atoms in total. The number of rotatable bonds is 5. The van der Waals surface area contributed by atoms with Crippen LogP contribution in [0.1, 0.15) is 33.6 Å². The molecule has 1 heterocycles. The van der Waals surface area contributed by atoms with Crippen molar-refractivity contribution in [3.63, 3.8) is 0 Å². The van der Waals surface area contributed by atoms with Gasteiger partial charge >= 0.3 is 5.97 Å². The zero-order chi connectivity index (χ0) is 17.4. The average Bonchev–Trinajstić information content (AvgIpc) is 2.72. The summed E-state index contributed by atoms with van der Waals surface area (Å²) in [5.74, 6) is -1.82. The van der Waals surface area contributed by atoms with Gasteiger partial charge in [0.15, 0.2) is 23.8 Å². The number of carbonyl (C=O) groups excluding carboxylic acids is 2. The summed E-state index contributed by atoms with van der Waals surface area (Å²) >= 11 is 0. The number of esters is 1. The highest BCUT2D eigenvalue weighted by Gasteiger charge is 2.43. The standard InChI is InChI=1S/C17H22O6/c1-5-10-9(2)13(19)12(8-17(10,3)4)22-15-11(6-7-18)23-16(21)14(15)20/h5,11-12,18,20H,1,6-8H2,2-4H3. The summed E-state index contributed by atoms with van der Waals surface area (Å²) in [7, 11) is 0. The molecule has 0 fully saturated rings. The van der Waals surface area contributed by atoms with E-state index in [1.165, 1.54) is 0 Å². The molecule has 126 valence electrons. The normalized spacial score (nSPS) is 27.3. The summed E-state index contributed by atoms with van der Waals surface area (Å²) < 4.78 is 10.6. The van der Waals surface area contributed by atoms with Crippen LogP contribution in [0.5, 0.6) is 0 Å². The van der Waals surface area contributed by atoms with Crippen LogP contribution in [0.3, 0.4) is 0 Å². The number of hydrogen-bond donors (Lipinski definition) is 2. The van der Waals surface area contributed by atoms with Gasteiger partial charge in [-0.25, -0.2) is 4.79 Å². The second kappa shape index (κ2) is 6.20. The molecular weight excluding hydrogens is 300 g/mol. The number of aliphatic hydroxyl groups excluding tert-OH is 2. The summed E-state index contributed by atoms with van der Waals surface area (Å²) in [5.41, 5.74) is 1.10. The van der Waals surface area contributed by atoms with Crippen LogP contribution in [0.4, 0.5) is 0 Å². The van der Waals surface area contributed by atoms with Crippen LogP contribution in [-0.4, -0.2) is 40.8 Å². The molecule has 0 saturated heterocycles. The maximum Gasteiger partial charge on any atom is 0.377 e. The number of ketones is 1. The van der Waals surface area contributed by atoms with E-state index in [0.717, 1.165) is 5.57 Å². The molecule has 0 spiro atoms. The van der Waals surface area contributed by atoms with Gasteiger partial charge in [-0.3, -0.25) is 4.79 Å². The van der Waals surface area contributed by atoms with Crippen LogP contribution < -0.4 is 0 Å². The number of allylic oxidation sites excluding steroid dienone is 2. The van der Waals surface area contributed by atoms with Crippen molar-refractivity contribution in [3.05, 3.63) is 35.3 Å². The Balaban J connectivity index is 2.30. The zero-order valence-corrected chi connectivity index (χ0v) is 13.6. The van der Waals surface area contributed by atoms with E-state index < -0.39 is 23.9 Å². The lowest BCUT2D eigenvalue weighted by molar-refractivity contribution is -0.143. The van der Waals surface area contributed by atoms with Gasteiger partial charge in [0.2, 0.25) is 5.76 Å². The quantitative estimate of drug-likeness (QED) is 0.752. The van der Waals surface area contributed by atoms with Crippen LogP contribution in [0.2, 0.25) is 0 Å². The third kappa shape index (κ3) is 3.03. The molecule has 0 aromatic heterocycles. The highest BCUT2D eigenvalue weighted by atomic mass is 16.6. The maximum atomic E-state index is 12.5. The summed E-state index contributed by atoms with van der Waals surface area (Å²) in [6.07, 6.45) is 0.482. The molecule has 0 radical (unpaired) electrons. The van der Waals surface area contributed by atoms with Crippen LogP contribution in [0.15, 0.2) is 35.3 Å². The molecule has 6 heteroatoms. The molecule has 2 aliphatic rings. The van der Waals surface area contributed by atoms with Crippen molar-refractivity contribution in [2.75, 3.05) is 6.61 Å². The molecule has 1 aliphatic carbocycles. The molecule has 2 rings (SSSR count). The molecule has 1 aliphatic heterocycles. The lowest BCUT2D eigenvalue weighted by Gasteiger charge is -2.37. The Bertz CT molecular complexity index is 611. The Morgan fingerprint density at radius 2 is 2.09 bits per heavy atom. The number of cyclic esters (lactones) is 1. The molecule has 2 atom stereocenters. The van der Waals surface area contributed by atoms with Crippen LogP contribution in [0.25, 0.3) is 0 Å². The second-order valence-corrected chi connectivity index (χ2v) is 6.42. The fourth-order valence-electron chi connectivity index (χ4n) is 3.16. The van der Waals surface area contributed by atoms with Gasteiger partial charge in [-0.15, -0.1) is 0 Å². The third-order valence-corrected chi connectivity index (χ3v) is 4.32. The van der Waals surface area contributed by atoms with Gasteiger partial charge in [-0.2, -0.15) is 0 Å². The van der Waals surface area contributed by atoms with E-state index in [9.17, 15) is 14.7 Å². The van der Waals surface area contributed by atoms with Crippen molar-refractivity contribution in [1.82, 2.24) is 0 Å². The number of hydrogen-bond acceptors (Lipinski definition) is 6. The van der Waals surface area contributed by atoms with Gasteiger partial charge in [0, 0.05) is 19.4 Å². The summed E-state index contributed by atoms with van der Waals surface area (Å²) in [4.78, 5) is 24.0. The van der Waals surface area contributed by atoms with E-state index in [2.05, 4.69) is 6.58 Å². The Kier molecular flexibility index (Phi) is 4.66. The first-order chi connectivity index (χ1) is 10.7. The maximum absolute atomic E-state index is 12.5. The van der Waals surface area contributed by atoms with Crippen molar-refractivity contribution in [1.29, 1.82) is 0 Å². The summed E-state index contributed by atoms with van der Waals surface area (Å²) in [6, 6.07) is 0. The largest absolute Gasteiger partial charge is 0.499 e. The topological polar surface area (TPSA) is 93.1 Å². The Morgan fingerprint density at radius 1 is 1.43 bits per heavy atom. The van der Waals surface area contributed by atoms with Gasteiger partial charge in [-0.05, 0) is 23.5 Å². The fourth-order valence-corrected chi connectivity index (χ4v) is 3.16. The number of aliphatic hydroxyl groups is 2. The van der Waals surface area contributed by atoms with Crippen molar-refractivity contribution < 1.29 is 29.3 Å². The summed E-state index contributed by atoms with van der Waals surface area (Å²) in [5, 5.41) is 18.9. The monoisotopic (exact) mass is 322 g/mol. The Hall–Kier alpha value is -2.08. The zero-order valence-electron chi connectivity index (χ0n) is 13.6. The van der Waals surface area contributed by atoms with E-state index in [1.807, 2.05) is 13.8 Å². The molecular formula is C17H22O6. The minimum atomic E-state index is -0.903. The first-order valence-electron chi connectivity index (χ1n) is 7.52. The smallest absolute Gasteiger partial charge is 0.377 e. The molecule has 23 heavy (non-hydrogen) atoms. The molecule has 0 bridgehead atoms. The van der Waals surface area contributed by atoms with Crippen molar-refractivity contribution in [2.24, 2.45) is 5.41 Å². The van der Waals surface area contributed by atoms with Crippen molar-refractivity contribution in [3.8, 4) is 0 Å². The van der Waals surface area contributed by atoms with Gasteiger partial charge in [0.25, 0.3) is 0 Å². The van der Waals surface area contributed by atoms with Crippen molar-refractivity contribution >= 4 is 11.8 Å². The molecule has 2 N–H and O–H groups in total. The van der Waals surface area contributed by atoms with Crippen LogP contribution in [0, 0.1) is 5.41 Å². The lowest BCUT2D eigenvalue weighted by atomic mass is 9.71. The van der Waals surface area contributed by atoms with Gasteiger partial charge in [0.1, 0.15) is 0 Å². The first-order valence-corrected chi connectivity index (χ1v) is 7.52. The predicted molar refractivity (Wildman–Crippen MR) is 82.4 cm³/mol. The van der Waals surface area contributed by atoms with Gasteiger partial charge < -0.3 is 19.7 Å².